The van der Waals surface area contributed by atoms with Gasteiger partial charge in [-0.1, -0.05) is 53.7 Å². The minimum atomic E-state index is -4.14. The van der Waals surface area contributed by atoms with Crippen molar-refractivity contribution in [1.29, 1.82) is 0 Å². The van der Waals surface area contributed by atoms with Gasteiger partial charge >= 0.3 is 7.82 Å². The number of thioether (sulfide) groups is 1. The Balaban J connectivity index is 0.000000257. The number of allylic oxidation sites excluding steroid dienone is 2. The second-order valence-electron chi connectivity index (χ2n) is 10.8. The summed E-state index contributed by atoms with van der Waals surface area (Å²) in [5.74, 6) is -1.68. The largest absolute Gasteiger partial charge is 0.584 e. The Bertz CT molecular complexity index is 1970. The Labute approximate surface area is 306 Å². The van der Waals surface area contributed by atoms with Crippen LogP contribution in [0.1, 0.15) is 12.1 Å². The molecule has 52 heavy (non-hydrogen) atoms. The fourth-order valence-electron chi connectivity index (χ4n) is 4.96. The highest BCUT2D eigenvalue weighted by Crippen LogP contribution is 2.44. The van der Waals surface area contributed by atoms with E-state index >= 15 is 0 Å². The summed E-state index contributed by atoms with van der Waals surface area (Å²) in [4.78, 5) is 57.1. The summed E-state index contributed by atoms with van der Waals surface area (Å²) >= 11 is 2.50. The molecule has 2 aromatic carbocycles. The van der Waals surface area contributed by atoms with Crippen LogP contribution in [0.25, 0.3) is 0 Å². The number of aliphatic carboxylic acids is 1. The van der Waals surface area contributed by atoms with Gasteiger partial charge in [-0.2, -0.15) is 0 Å². The maximum absolute atomic E-state index is 12.9. The van der Waals surface area contributed by atoms with Crippen molar-refractivity contribution in [3.8, 4) is 11.5 Å². The van der Waals surface area contributed by atoms with Crippen molar-refractivity contribution < 1.29 is 47.4 Å². The van der Waals surface area contributed by atoms with E-state index in [0.29, 0.717) is 24.3 Å². The Hall–Kier alpha value is -5.48. The molecule has 2 aliphatic rings. The van der Waals surface area contributed by atoms with Crippen molar-refractivity contribution >= 4 is 59.5 Å². The van der Waals surface area contributed by atoms with E-state index in [1.807, 2.05) is 47.3 Å². The molecule has 4 N–H and O–H groups in total. The number of carboxylic acid groups (broad SMARTS) is 1. The number of phosphoric ester groups is 1. The maximum atomic E-state index is 12.9. The molecule has 0 saturated carbocycles. The van der Waals surface area contributed by atoms with E-state index in [2.05, 4.69) is 15.5 Å². The van der Waals surface area contributed by atoms with Crippen molar-refractivity contribution in [3.05, 3.63) is 126 Å². The number of amides is 2. The number of hydrogen-bond donors (Lipinski definition) is 3. The quantitative estimate of drug-likeness (QED) is 0.0448. The summed E-state index contributed by atoms with van der Waals surface area (Å²) in [6.07, 6.45) is 8.02. The first-order valence-electron chi connectivity index (χ1n) is 15.5. The number of nitrogen functional groups attached to an aromatic ring is 1. The van der Waals surface area contributed by atoms with Gasteiger partial charge in [-0.25, -0.2) is 14.1 Å². The topological polar surface area (TPSA) is 210 Å². The van der Waals surface area contributed by atoms with Crippen LogP contribution in [0.15, 0.2) is 125 Å². The predicted octanol–water partition coefficient (Wildman–Crippen LogP) is 2.66. The van der Waals surface area contributed by atoms with Gasteiger partial charge in [-0.15, -0.1) is 23.1 Å². The predicted molar refractivity (Wildman–Crippen MR) is 191 cm³/mol. The average Bonchev–Trinajstić information content (AvgIpc) is 3.57. The average molecular weight is 765 g/mol. The lowest BCUT2D eigenvalue weighted by molar-refractivity contribution is -0.687. The molecule has 4 aromatic rings. The van der Waals surface area contributed by atoms with E-state index in [1.165, 1.54) is 23.8 Å². The van der Waals surface area contributed by atoms with Crippen molar-refractivity contribution in [3.63, 3.8) is 0 Å². The van der Waals surface area contributed by atoms with Gasteiger partial charge in [0.1, 0.15) is 35.7 Å². The van der Waals surface area contributed by atoms with Gasteiger partial charge in [0.25, 0.3) is 11.8 Å². The number of anilines is 1. The number of benzene rings is 2. The minimum absolute atomic E-state index is 0.134. The zero-order valence-electron chi connectivity index (χ0n) is 27.5. The molecule has 2 aliphatic heterocycles. The normalized spacial score (nSPS) is 17.0. The first kappa shape index (κ1) is 37.8. The number of hydrogen-bond acceptors (Lipinski definition) is 13. The number of carboxylic acids is 1. The molecule has 1 unspecified atom stereocenters. The van der Waals surface area contributed by atoms with Crippen LogP contribution >= 0.6 is 30.9 Å². The molecule has 2 atom stereocenters. The SMILES string of the molecule is CO/N=C(\C(=O)N[C@@H]1C(=O)N2C(C(=O)[O-])=C(C/C=C/C[n+]3ccccc3)CSC12)c1csc(N)n1.O=P(O)(Oc1ccccc1)Oc1ccccc1. The van der Waals surface area contributed by atoms with Crippen molar-refractivity contribution in [1.82, 2.24) is 15.2 Å². The van der Waals surface area contributed by atoms with Crippen LogP contribution in [0.2, 0.25) is 0 Å². The van der Waals surface area contributed by atoms with Gasteiger partial charge in [0.15, 0.2) is 29.8 Å². The summed E-state index contributed by atoms with van der Waals surface area (Å²) < 4.78 is 23.4. The molecule has 6 rings (SSSR count). The fraction of sp³-hybridized carbons (Fsp3) is 0.176. The van der Waals surface area contributed by atoms with E-state index in [-0.39, 0.29) is 33.7 Å². The van der Waals surface area contributed by atoms with Gasteiger partial charge in [0.2, 0.25) is 0 Å². The number of carbonyl (C=O) groups is 3. The Morgan fingerprint density at radius 3 is 2.25 bits per heavy atom. The van der Waals surface area contributed by atoms with E-state index in [9.17, 15) is 28.9 Å². The van der Waals surface area contributed by atoms with Crippen LogP contribution in [0.4, 0.5) is 5.13 Å². The van der Waals surface area contributed by atoms with E-state index in [1.54, 1.807) is 66.0 Å². The van der Waals surface area contributed by atoms with E-state index in [4.69, 9.17) is 19.6 Å². The van der Waals surface area contributed by atoms with Crippen LogP contribution in [0, 0.1) is 0 Å². The molecule has 18 heteroatoms. The number of nitrogens with two attached hydrogens (primary N) is 1. The molecule has 270 valence electrons. The van der Waals surface area contributed by atoms with Gasteiger partial charge in [-0.05, 0) is 42.3 Å². The third-order valence-electron chi connectivity index (χ3n) is 7.24. The smallest absolute Gasteiger partial charge is 0.543 e. The first-order valence-corrected chi connectivity index (χ1v) is 18.9. The molecule has 2 amide bonds. The molecule has 15 nitrogen and oxygen atoms in total. The van der Waals surface area contributed by atoms with Crippen LogP contribution < -0.4 is 29.8 Å². The van der Waals surface area contributed by atoms with Crippen LogP contribution in [0.3, 0.4) is 0 Å². The van der Waals surface area contributed by atoms with Crippen LogP contribution in [-0.4, -0.2) is 62.6 Å². The number of oxime groups is 1. The molecule has 0 radical (unpaired) electrons. The molecule has 1 saturated heterocycles. The van der Waals surface area contributed by atoms with Gasteiger partial charge in [0, 0.05) is 23.3 Å². The maximum Gasteiger partial charge on any atom is 0.584 e. The zero-order chi connectivity index (χ0) is 37.1. The summed E-state index contributed by atoms with van der Waals surface area (Å²) in [7, 11) is -2.86. The van der Waals surface area contributed by atoms with Gasteiger partial charge < -0.3 is 34.8 Å². The number of nitrogens with zero attached hydrogens (tertiary/aromatic N) is 4. The monoisotopic (exact) mass is 764 g/mol. The fourth-order valence-corrected chi connectivity index (χ4v) is 7.68. The highest BCUT2D eigenvalue weighted by atomic mass is 32.2. The molecule has 0 aliphatic carbocycles. The number of β-lactam (4-membered cyclic amide) rings is 1. The molecule has 0 spiro atoms. The standard InChI is InChI=1S/C22H22N6O5S2.C12H11O4P/c1-33-26-15(14-12-35-22(23)24-14)18(29)25-16-19(30)28-17(21(31)32)13(11-34-20(16)28)7-3-6-10-27-8-4-2-5-9-27;13-17(14,15-11-7-3-1-4-8-11)16-12-9-5-2-6-10-12/h2-6,8-9,12,16,20H,7,10-11H2,1H3,(H3-,23,24,25,29,31,32);1-10H,(H,13,14)/b6-3+,26-15-;/t16-,20?;/m1./s1. The highest BCUT2D eigenvalue weighted by molar-refractivity contribution is 8.00. The van der Waals surface area contributed by atoms with Crippen molar-refractivity contribution in [2.24, 2.45) is 5.16 Å². The van der Waals surface area contributed by atoms with Crippen LogP contribution in [0.5, 0.6) is 11.5 Å². The molecule has 2 aromatic heterocycles. The Morgan fingerprint density at radius 2 is 1.69 bits per heavy atom. The number of aromatic nitrogens is 2. The third-order valence-corrected chi connectivity index (χ3v) is 10.1. The highest BCUT2D eigenvalue weighted by Gasteiger charge is 2.53. The second-order valence-corrected chi connectivity index (χ2v) is 14.1. The Morgan fingerprint density at radius 1 is 1.08 bits per heavy atom. The third kappa shape index (κ3) is 9.85. The van der Waals surface area contributed by atoms with E-state index < -0.39 is 37.0 Å². The molecule has 0 bridgehead atoms. The second kappa shape index (κ2) is 17.6. The molecule has 1 fully saturated rings. The van der Waals surface area contributed by atoms with Gasteiger partial charge in [0.05, 0.1) is 11.7 Å². The zero-order valence-corrected chi connectivity index (χ0v) is 30.0. The summed E-state index contributed by atoms with van der Waals surface area (Å²) in [6.45, 7) is 0.636. The first-order chi connectivity index (χ1) is 25.1. The number of thiazole rings is 1. The van der Waals surface area contributed by atoms with Crippen LogP contribution in [-0.2, 0) is 30.3 Å². The van der Waals surface area contributed by atoms with Crippen molar-refractivity contribution in [2.45, 2.75) is 24.4 Å². The number of phosphoric acid groups is 1. The minimum Gasteiger partial charge on any atom is -0.543 e. The molecular weight excluding hydrogens is 732 g/mol. The number of pyridine rings is 1. The Kier molecular flexibility index (Phi) is 12.8. The lowest BCUT2D eigenvalue weighted by Crippen LogP contribution is -2.71. The lowest BCUT2D eigenvalue weighted by atomic mass is 10.0. The number of rotatable bonds is 13. The lowest BCUT2D eigenvalue weighted by Gasteiger charge is -2.50. The number of para-hydroxylation sites is 2. The van der Waals surface area contributed by atoms with Crippen molar-refractivity contribution in [2.75, 3.05) is 18.6 Å². The molecular formula is C34H33N6O9PS2. The molecule has 4 heterocycles. The summed E-state index contributed by atoms with van der Waals surface area (Å²) in [5, 5.41) is 19.5. The summed E-state index contributed by atoms with van der Waals surface area (Å²) in [6, 6.07) is 21.6. The van der Waals surface area contributed by atoms with Gasteiger partial charge in [-0.3, -0.25) is 19.4 Å². The number of nitrogens with one attached hydrogen (secondary N) is 1. The summed E-state index contributed by atoms with van der Waals surface area (Å²) in [5.41, 5.74) is 6.15. The number of carbonyl (C=O) groups excluding carboxylic acids is 3. The van der Waals surface area contributed by atoms with E-state index in [0.717, 1.165) is 11.3 Å². The number of fused-ring (bicyclic) bond motifs is 1.